The summed E-state index contributed by atoms with van der Waals surface area (Å²) in [6, 6.07) is 10.5. The van der Waals surface area contributed by atoms with Crippen LogP contribution in [0.2, 0.25) is 0 Å². The number of carbonyl (C=O) groups is 5. The van der Waals surface area contributed by atoms with Gasteiger partial charge in [0, 0.05) is 18.5 Å². The molecule has 2 aromatic carbocycles. The van der Waals surface area contributed by atoms with Crippen LogP contribution >= 0.6 is 0 Å². The molecule has 2 heterocycles. The lowest BCUT2D eigenvalue weighted by Crippen LogP contribution is -2.41. The van der Waals surface area contributed by atoms with Crippen molar-refractivity contribution in [2.45, 2.75) is 44.1 Å². The first-order valence-corrected chi connectivity index (χ1v) is 14.8. The van der Waals surface area contributed by atoms with Gasteiger partial charge in [-0.1, -0.05) is 31.2 Å². The van der Waals surface area contributed by atoms with E-state index in [2.05, 4.69) is 30.6 Å². The Morgan fingerprint density at radius 1 is 0.938 bits per heavy atom. The Labute approximate surface area is 274 Å². The zero-order chi connectivity index (χ0) is 35.0. The Bertz CT molecular complexity index is 1870. The van der Waals surface area contributed by atoms with Crippen molar-refractivity contribution in [1.29, 1.82) is 0 Å². The lowest BCUT2D eigenvalue weighted by Gasteiger charge is -2.30. The lowest BCUT2D eigenvalue weighted by molar-refractivity contribution is -0.148. The molecule has 4 rings (SSSR count). The molecule has 8 N–H and O–H groups in total. The van der Waals surface area contributed by atoms with Crippen LogP contribution in [0.3, 0.4) is 0 Å². The van der Waals surface area contributed by atoms with Crippen LogP contribution in [0.1, 0.15) is 68.5 Å². The van der Waals surface area contributed by atoms with Gasteiger partial charge in [-0.2, -0.15) is 9.97 Å². The molecule has 0 fully saturated rings. The number of nitrogen functional groups attached to an aromatic ring is 2. The number of nitrogens with zero attached hydrogens (tertiary/aromatic N) is 4. The van der Waals surface area contributed by atoms with Gasteiger partial charge in [0.05, 0.1) is 35.5 Å². The zero-order valence-corrected chi connectivity index (χ0v) is 26.1. The van der Waals surface area contributed by atoms with Gasteiger partial charge < -0.3 is 37.1 Å². The monoisotopic (exact) mass is 658 g/mol. The third kappa shape index (κ3) is 7.60. The summed E-state index contributed by atoms with van der Waals surface area (Å²) in [5.41, 5.74) is 11.7. The summed E-state index contributed by atoms with van der Waals surface area (Å²) in [4.78, 5) is 78.7. The molecule has 250 valence electrons. The maximum atomic E-state index is 13.2. The SMILES string of the molecule is CCC(Cc1cnc2nc(N)nc(N)c2n1)(C(=O)OC)c1ccc(C(=O)N[C@@H](CCCNC(=O)c2ccccc2C(=O)O)C(=O)O)cc1. The molecule has 16 heteroatoms. The van der Waals surface area contributed by atoms with E-state index in [4.69, 9.17) is 16.2 Å². The summed E-state index contributed by atoms with van der Waals surface area (Å²) in [5.74, 6) is -4.37. The van der Waals surface area contributed by atoms with Gasteiger partial charge in [0.2, 0.25) is 5.95 Å². The van der Waals surface area contributed by atoms with Crippen molar-refractivity contribution in [2.24, 2.45) is 0 Å². The summed E-state index contributed by atoms with van der Waals surface area (Å²) < 4.78 is 5.17. The van der Waals surface area contributed by atoms with E-state index < -0.39 is 41.2 Å². The largest absolute Gasteiger partial charge is 0.480 e. The van der Waals surface area contributed by atoms with Crippen LogP contribution < -0.4 is 22.1 Å². The van der Waals surface area contributed by atoms with Crippen LogP contribution in [0.4, 0.5) is 11.8 Å². The summed E-state index contributed by atoms with van der Waals surface area (Å²) >= 11 is 0. The molecule has 0 saturated heterocycles. The van der Waals surface area contributed by atoms with Crippen molar-refractivity contribution >= 4 is 52.7 Å². The van der Waals surface area contributed by atoms with Crippen molar-refractivity contribution in [3.63, 3.8) is 0 Å². The first kappa shape index (κ1) is 34.7. The molecule has 48 heavy (non-hydrogen) atoms. The number of carboxylic acid groups (broad SMARTS) is 2. The molecule has 2 atom stereocenters. The summed E-state index contributed by atoms with van der Waals surface area (Å²) in [5, 5.41) is 24.0. The smallest absolute Gasteiger partial charge is 0.336 e. The third-order valence-corrected chi connectivity index (χ3v) is 7.82. The second-order valence-electron chi connectivity index (χ2n) is 10.8. The minimum absolute atomic E-state index is 0.0176. The van der Waals surface area contributed by atoms with Crippen molar-refractivity contribution in [3.8, 4) is 0 Å². The first-order valence-electron chi connectivity index (χ1n) is 14.8. The Morgan fingerprint density at radius 2 is 1.62 bits per heavy atom. The van der Waals surface area contributed by atoms with Crippen LogP contribution in [-0.4, -0.2) is 79.6 Å². The number of carboxylic acids is 2. The number of amides is 2. The fraction of sp³-hybridized carbons (Fsp3) is 0.281. The molecule has 0 aliphatic rings. The topological polar surface area (TPSA) is 263 Å². The maximum Gasteiger partial charge on any atom is 0.336 e. The number of esters is 1. The fourth-order valence-corrected chi connectivity index (χ4v) is 5.25. The summed E-state index contributed by atoms with van der Waals surface area (Å²) in [6.07, 6.45) is 1.97. The van der Waals surface area contributed by atoms with Crippen LogP contribution in [0.25, 0.3) is 11.2 Å². The van der Waals surface area contributed by atoms with E-state index in [9.17, 15) is 34.2 Å². The summed E-state index contributed by atoms with van der Waals surface area (Å²) in [6.45, 7) is 1.85. The highest BCUT2D eigenvalue weighted by Gasteiger charge is 2.41. The first-order chi connectivity index (χ1) is 22.9. The molecule has 0 radical (unpaired) electrons. The second kappa shape index (κ2) is 14.9. The number of aromatic carboxylic acids is 1. The predicted molar refractivity (Wildman–Crippen MR) is 172 cm³/mol. The van der Waals surface area contributed by atoms with Gasteiger partial charge in [-0.05, 0) is 49.1 Å². The van der Waals surface area contributed by atoms with Crippen molar-refractivity contribution in [3.05, 3.63) is 82.7 Å². The predicted octanol–water partition coefficient (Wildman–Crippen LogP) is 1.74. The molecule has 0 saturated carbocycles. The van der Waals surface area contributed by atoms with Gasteiger partial charge in [-0.25, -0.2) is 19.6 Å². The standard InChI is InChI=1S/C32H34N8O8/c1-3-32(30(47)48-2,15-19-16-36-25-23(37-19)24(33)39-31(34)40-25)18-12-10-17(11-13-18)26(41)38-22(29(45)46)9-6-14-35-27(42)20-7-4-5-8-21(20)28(43)44/h4-5,7-8,10-13,16,22H,3,6,9,14-15H2,1-2H3,(H,35,42)(H,38,41)(H,43,44)(H,45,46)(H4,33,34,36,39,40)/t22-,32?/m0/s1. The number of carbonyl (C=O) groups excluding carboxylic acids is 3. The molecule has 16 nitrogen and oxygen atoms in total. The maximum absolute atomic E-state index is 13.2. The van der Waals surface area contributed by atoms with Crippen molar-refractivity contribution < 1.29 is 38.9 Å². The Morgan fingerprint density at radius 3 is 2.25 bits per heavy atom. The second-order valence-corrected chi connectivity index (χ2v) is 10.8. The number of aromatic nitrogens is 4. The van der Waals surface area contributed by atoms with E-state index in [0.717, 1.165) is 0 Å². The Balaban J connectivity index is 1.44. The molecule has 0 bridgehead atoms. The highest BCUT2D eigenvalue weighted by atomic mass is 16.5. The normalized spacial score (nSPS) is 12.8. The van der Waals surface area contributed by atoms with E-state index in [1.807, 2.05) is 0 Å². The number of aliphatic carboxylic acids is 1. The third-order valence-electron chi connectivity index (χ3n) is 7.82. The van der Waals surface area contributed by atoms with Crippen molar-refractivity contribution in [1.82, 2.24) is 30.6 Å². The average molecular weight is 659 g/mol. The molecule has 4 aromatic rings. The zero-order valence-electron chi connectivity index (χ0n) is 26.1. The number of anilines is 2. The van der Waals surface area contributed by atoms with E-state index >= 15 is 0 Å². The minimum Gasteiger partial charge on any atom is -0.480 e. The Hall–Kier alpha value is -6.19. The number of hydrogen-bond donors (Lipinski definition) is 6. The lowest BCUT2D eigenvalue weighted by atomic mass is 9.74. The van der Waals surface area contributed by atoms with E-state index in [-0.39, 0.29) is 71.8 Å². The molecule has 2 amide bonds. The quantitative estimate of drug-likeness (QED) is 0.0833. The fourth-order valence-electron chi connectivity index (χ4n) is 5.25. The number of nitrogens with one attached hydrogen (secondary N) is 2. The molecule has 1 unspecified atom stereocenters. The van der Waals surface area contributed by atoms with Gasteiger partial charge in [0.15, 0.2) is 17.0 Å². The Kier molecular flexibility index (Phi) is 10.8. The van der Waals surface area contributed by atoms with Gasteiger partial charge in [-0.15, -0.1) is 0 Å². The van der Waals surface area contributed by atoms with Crippen molar-refractivity contribution in [2.75, 3.05) is 25.1 Å². The number of benzene rings is 2. The number of methoxy groups -OCH3 is 1. The molecular weight excluding hydrogens is 624 g/mol. The number of hydrogen-bond acceptors (Lipinski definition) is 12. The van der Waals surface area contributed by atoms with E-state index in [0.29, 0.717) is 11.3 Å². The number of fused-ring (bicyclic) bond motifs is 1. The van der Waals surface area contributed by atoms with Crippen LogP contribution in [0.15, 0.2) is 54.7 Å². The molecular formula is C32H34N8O8. The van der Waals surface area contributed by atoms with Crippen LogP contribution in [0, 0.1) is 0 Å². The molecule has 2 aromatic heterocycles. The van der Waals surface area contributed by atoms with Gasteiger partial charge in [0.1, 0.15) is 6.04 Å². The molecule has 0 aliphatic heterocycles. The highest BCUT2D eigenvalue weighted by molar-refractivity contribution is 6.04. The number of rotatable bonds is 14. The van der Waals surface area contributed by atoms with E-state index in [1.54, 1.807) is 19.1 Å². The average Bonchev–Trinajstić information content (AvgIpc) is 3.08. The van der Waals surface area contributed by atoms with Crippen LogP contribution in [0.5, 0.6) is 0 Å². The van der Waals surface area contributed by atoms with E-state index in [1.165, 1.54) is 49.7 Å². The number of nitrogens with two attached hydrogens (primary N) is 2. The van der Waals surface area contributed by atoms with Gasteiger partial charge in [0.25, 0.3) is 11.8 Å². The van der Waals surface area contributed by atoms with Gasteiger partial charge in [-0.3, -0.25) is 14.4 Å². The molecule has 0 aliphatic carbocycles. The van der Waals surface area contributed by atoms with Crippen LogP contribution in [-0.2, 0) is 26.2 Å². The highest BCUT2D eigenvalue weighted by Crippen LogP contribution is 2.34. The summed E-state index contributed by atoms with van der Waals surface area (Å²) in [7, 11) is 1.27. The molecule has 0 spiro atoms. The minimum atomic E-state index is -1.27. The van der Waals surface area contributed by atoms with Gasteiger partial charge >= 0.3 is 17.9 Å². The number of ether oxygens (including phenoxy) is 1.